The van der Waals surface area contributed by atoms with Gasteiger partial charge in [0, 0.05) is 12.1 Å². The van der Waals surface area contributed by atoms with Crippen LogP contribution in [0.4, 0.5) is 5.69 Å². The molecule has 6 nitrogen and oxygen atoms in total. The maximum absolute atomic E-state index is 12.1. The van der Waals surface area contributed by atoms with Crippen molar-refractivity contribution in [3.05, 3.63) is 38.9 Å². The Kier molecular flexibility index (Phi) is 4.80. The molecular formula is C14H17ClN2O4. The molecule has 2 rings (SSSR count). The molecule has 0 heterocycles. The lowest BCUT2D eigenvalue weighted by molar-refractivity contribution is -0.384. The fourth-order valence-corrected chi connectivity index (χ4v) is 2.92. The van der Waals surface area contributed by atoms with Crippen LogP contribution in [0.25, 0.3) is 0 Å². The Bertz CT molecular complexity index is 556. The molecule has 1 aromatic carbocycles. The predicted molar refractivity (Wildman–Crippen MR) is 78.2 cm³/mol. The van der Waals surface area contributed by atoms with Crippen LogP contribution in [0.2, 0.25) is 5.02 Å². The van der Waals surface area contributed by atoms with Gasteiger partial charge in [0.25, 0.3) is 5.69 Å². The van der Waals surface area contributed by atoms with Crippen LogP contribution >= 0.6 is 11.6 Å². The third-order valence-corrected chi connectivity index (χ3v) is 4.22. The van der Waals surface area contributed by atoms with Crippen LogP contribution in [-0.4, -0.2) is 28.1 Å². The smallest absolute Gasteiger partial charge is 0.270 e. The predicted octanol–water partition coefficient (Wildman–Crippen LogP) is 2.21. The van der Waals surface area contributed by atoms with Gasteiger partial charge in [-0.05, 0) is 18.4 Å². The quantitative estimate of drug-likeness (QED) is 0.644. The third-order valence-electron chi connectivity index (χ3n) is 3.87. The summed E-state index contributed by atoms with van der Waals surface area (Å²) < 4.78 is 0. The number of hydrogen-bond donors (Lipinski definition) is 2. The highest BCUT2D eigenvalue weighted by Gasteiger charge is 2.34. The van der Waals surface area contributed by atoms with Crippen molar-refractivity contribution in [2.45, 2.75) is 37.6 Å². The molecule has 1 amide bonds. The second kappa shape index (κ2) is 6.41. The molecule has 1 fully saturated rings. The minimum Gasteiger partial charge on any atom is -0.394 e. The molecule has 0 saturated heterocycles. The zero-order valence-electron chi connectivity index (χ0n) is 11.5. The van der Waals surface area contributed by atoms with Crippen LogP contribution in [-0.2, 0) is 11.2 Å². The second-order valence-corrected chi connectivity index (χ2v) is 5.81. The van der Waals surface area contributed by atoms with Crippen molar-refractivity contribution in [2.75, 3.05) is 6.61 Å². The Morgan fingerprint density at radius 3 is 2.62 bits per heavy atom. The van der Waals surface area contributed by atoms with Crippen molar-refractivity contribution in [3.8, 4) is 0 Å². The minimum atomic E-state index is -0.533. The van der Waals surface area contributed by atoms with Crippen molar-refractivity contribution in [2.24, 2.45) is 0 Å². The maximum Gasteiger partial charge on any atom is 0.270 e. The fraction of sp³-hybridized carbons (Fsp3) is 0.500. The molecule has 0 radical (unpaired) electrons. The molecule has 0 spiro atoms. The Balaban J connectivity index is 2.04. The minimum absolute atomic E-state index is 0.0403. The standard InChI is InChI=1S/C14H17ClN2O4/c15-12-8-11(17(20)21)4-3-10(12)7-13(19)16-14(9-18)5-1-2-6-14/h3-4,8,18H,1-2,5-7,9H2,(H,16,19). The maximum atomic E-state index is 12.1. The number of rotatable bonds is 5. The number of carbonyl (C=O) groups is 1. The SMILES string of the molecule is O=C(Cc1ccc([N+](=O)[O-])cc1Cl)NC1(CO)CCCC1. The van der Waals surface area contributed by atoms with Crippen LogP contribution in [0.5, 0.6) is 0 Å². The molecule has 0 bridgehead atoms. The van der Waals surface area contributed by atoms with E-state index < -0.39 is 10.5 Å². The molecule has 0 aromatic heterocycles. The van der Waals surface area contributed by atoms with E-state index in [0.717, 1.165) is 25.7 Å². The summed E-state index contributed by atoms with van der Waals surface area (Å²) in [7, 11) is 0. The molecule has 1 saturated carbocycles. The number of aliphatic hydroxyl groups excluding tert-OH is 1. The van der Waals surface area contributed by atoms with Gasteiger partial charge in [0.2, 0.25) is 5.91 Å². The van der Waals surface area contributed by atoms with Gasteiger partial charge in [0.1, 0.15) is 0 Å². The molecule has 2 N–H and O–H groups in total. The van der Waals surface area contributed by atoms with E-state index in [-0.39, 0.29) is 29.6 Å². The van der Waals surface area contributed by atoms with Crippen LogP contribution in [0.15, 0.2) is 18.2 Å². The van der Waals surface area contributed by atoms with Gasteiger partial charge in [-0.2, -0.15) is 0 Å². The average Bonchev–Trinajstić information content (AvgIpc) is 2.90. The van der Waals surface area contributed by atoms with Gasteiger partial charge in [-0.15, -0.1) is 0 Å². The summed E-state index contributed by atoms with van der Waals surface area (Å²) >= 11 is 5.97. The molecule has 0 atom stereocenters. The zero-order valence-corrected chi connectivity index (χ0v) is 12.2. The first-order valence-corrected chi connectivity index (χ1v) is 7.18. The summed E-state index contributed by atoms with van der Waals surface area (Å²) in [5, 5.41) is 23.2. The van der Waals surface area contributed by atoms with E-state index >= 15 is 0 Å². The van der Waals surface area contributed by atoms with Gasteiger partial charge in [-0.25, -0.2) is 0 Å². The van der Waals surface area contributed by atoms with Gasteiger partial charge < -0.3 is 10.4 Å². The Morgan fingerprint density at radius 2 is 2.10 bits per heavy atom. The summed E-state index contributed by atoms with van der Waals surface area (Å²) in [4.78, 5) is 22.2. The first-order valence-electron chi connectivity index (χ1n) is 6.80. The first-order chi connectivity index (χ1) is 9.96. The normalized spacial score (nSPS) is 16.7. The van der Waals surface area contributed by atoms with Crippen molar-refractivity contribution in [3.63, 3.8) is 0 Å². The lowest BCUT2D eigenvalue weighted by atomic mass is 9.98. The number of non-ortho nitro benzene ring substituents is 1. The number of nitro groups is 1. The number of carbonyl (C=O) groups excluding carboxylic acids is 1. The summed E-state index contributed by atoms with van der Waals surface area (Å²) in [6, 6.07) is 4.05. The third kappa shape index (κ3) is 3.71. The van der Waals surface area contributed by atoms with Crippen molar-refractivity contribution in [1.82, 2.24) is 5.32 Å². The average molecular weight is 313 g/mol. The first kappa shape index (κ1) is 15.7. The molecule has 0 unspecified atom stereocenters. The van der Waals surface area contributed by atoms with Crippen LogP contribution in [0.3, 0.4) is 0 Å². The number of nitrogens with one attached hydrogen (secondary N) is 1. The number of amides is 1. The molecule has 1 aromatic rings. The summed E-state index contributed by atoms with van der Waals surface area (Å²) in [5.74, 6) is -0.235. The monoisotopic (exact) mass is 312 g/mol. The van der Waals surface area contributed by atoms with Crippen LogP contribution in [0, 0.1) is 10.1 Å². The summed E-state index contributed by atoms with van der Waals surface area (Å²) in [6.07, 6.45) is 3.54. The van der Waals surface area contributed by atoms with Gasteiger partial charge >= 0.3 is 0 Å². The summed E-state index contributed by atoms with van der Waals surface area (Å²) in [6.45, 7) is -0.0767. The van der Waals surface area contributed by atoms with E-state index in [4.69, 9.17) is 11.6 Å². The highest BCUT2D eigenvalue weighted by molar-refractivity contribution is 6.31. The van der Waals surface area contributed by atoms with E-state index in [1.165, 1.54) is 18.2 Å². The van der Waals surface area contributed by atoms with Gasteiger partial charge in [0.15, 0.2) is 0 Å². The molecular weight excluding hydrogens is 296 g/mol. The molecule has 1 aliphatic carbocycles. The summed E-state index contributed by atoms with van der Waals surface area (Å²) in [5.41, 5.74) is -0.0951. The fourth-order valence-electron chi connectivity index (χ4n) is 2.68. The Morgan fingerprint density at radius 1 is 1.43 bits per heavy atom. The highest BCUT2D eigenvalue weighted by atomic mass is 35.5. The number of benzene rings is 1. The number of aliphatic hydroxyl groups is 1. The number of halogens is 1. The largest absolute Gasteiger partial charge is 0.394 e. The van der Waals surface area contributed by atoms with E-state index in [2.05, 4.69) is 5.32 Å². The van der Waals surface area contributed by atoms with Crippen LogP contribution < -0.4 is 5.32 Å². The van der Waals surface area contributed by atoms with Crippen LogP contribution in [0.1, 0.15) is 31.2 Å². The van der Waals surface area contributed by atoms with E-state index in [1.54, 1.807) is 0 Å². The van der Waals surface area contributed by atoms with Gasteiger partial charge in [-0.3, -0.25) is 14.9 Å². The molecule has 1 aliphatic rings. The molecule has 0 aliphatic heterocycles. The van der Waals surface area contributed by atoms with Crippen molar-refractivity contribution in [1.29, 1.82) is 0 Å². The second-order valence-electron chi connectivity index (χ2n) is 5.40. The van der Waals surface area contributed by atoms with E-state index in [0.29, 0.717) is 5.56 Å². The van der Waals surface area contributed by atoms with E-state index in [1.807, 2.05) is 0 Å². The Hall–Kier alpha value is -1.66. The highest BCUT2D eigenvalue weighted by Crippen LogP contribution is 2.29. The zero-order chi connectivity index (χ0) is 15.5. The van der Waals surface area contributed by atoms with Gasteiger partial charge in [0.05, 0.1) is 28.5 Å². The molecule has 21 heavy (non-hydrogen) atoms. The van der Waals surface area contributed by atoms with Gasteiger partial charge in [-0.1, -0.05) is 30.5 Å². The number of nitrogens with zero attached hydrogens (tertiary/aromatic N) is 1. The molecule has 114 valence electrons. The number of hydrogen-bond acceptors (Lipinski definition) is 4. The number of nitro benzene ring substituents is 1. The topological polar surface area (TPSA) is 92.5 Å². The van der Waals surface area contributed by atoms with Crippen molar-refractivity contribution < 1.29 is 14.8 Å². The van der Waals surface area contributed by atoms with E-state index in [9.17, 15) is 20.0 Å². The lowest BCUT2D eigenvalue weighted by Gasteiger charge is -2.28. The Labute approximate surface area is 127 Å². The lowest BCUT2D eigenvalue weighted by Crippen LogP contribution is -2.49. The van der Waals surface area contributed by atoms with Crippen molar-refractivity contribution >= 4 is 23.2 Å². The molecule has 7 heteroatoms.